The lowest BCUT2D eigenvalue weighted by atomic mass is 10.1. The van der Waals surface area contributed by atoms with Crippen LogP contribution in [0.5, 0.6) is 5.75 Å². The molecule has 2 aromatic rings. The maximum atomic E-state index is 9.12. The van der Waals surface area contributed by atoms with E-state index in [1.807, 2.05) is 19.1 Å². The average molecular weight is 289 g/mol. The molecule has 6 nitrogen and oxygen atoms in total. The molecule has 22 heavy (non-hydrogen) atoms. The summed E-state index contributed by atoms with van der Waals surface area (Å²) >= 11 is 0. The summed E-state index contributed by atoms with van der Waals surface area (Å²) in [5, 5.41) is 30.4. The largest absolute Gasteiger partial charge is 0.492 e. The lowest BCUT2D eigenvalue weighted by Crippen LogP contribution is -2.02. The van der Waals surface area contributed by atoms with Crippen LogP contribution in [-0.4, -0.2) is 11.6 Å². The molecule has 2 rings (SSSR count). The van der Waals surface area contributed by atoms with Crippen molar-refractivity contribution in [1.82, 2.24) is 4.98 Å². The van der Waals surface area contributed by atoms with E-state index in [-0.39, 0.29) is 11.3 Å². The highest BCUT2D eigenvalue weighted by atomic mass is 16.5. The molecular weight excluding hydrogens is 278 g/mol. The van der Waals surface area contributed by atoms with E-state index in [0.717, 1.165) is 5.39 Å². The van der Waals surface area contributed by atoms with Crippen molar-refractivity contribution in [1.29, 1.82) is 15.8 Å². The number of nitrogens with zero attached hydrogens (tertiary/aromatic N) is 4. The molecule has 0 amide bonds. The predicted octanol–water partition coefficient (Wildman–Crippen LogP) is 2.87. The molecule has 1 N–H and O–H groups in total. The summed E-state index contributed by atoms with van der Waals surface area (Å²) in [6.45, 7) is 2.39. The second kappa shape index (κ2) is 6.74. The summed E-state index contributed by atoms with van der Waals surface area (Å²) in [5.41, 5.74) is 0.848. The van der Waals surface area contributed by atoms with Gasteiger partial charge in [-0.3, -0.25) is 4.98 Å². The Hall–Kier alpha value is -3.56. The van der Waals surface area contributed by atoms with Gasteiger partial charge in [0.1, 0.15) is 35.2 Å². The summed E-state index contributed by atoms with van der Waals surface area (Å²) in [6, 6.07) is 12.3. The maximum Gasteiger partial charge on any atom is 0.163 e. The maximum absolute atomic E-state index is 9.12. The Labute approximate surface area is 127 Å². The Morgan fingerprint density at radius 2 is 1.95 bits per heavy atom. The summed E-state index contributed by atoms with van der Waals surface area (Å²) in [7, 11) is 0. The number of nitriles is 3. The molecule has 0 atom stereocenters. The smallest absolute Gasteiger partial charge is 0.163 e. The van der Waals surface area contributed by atoms with Crippen LogP contribution in [0.25, 0.3) is 10.9 Å². The third-order valence-electron chi connectivity index (χ3n) is 2.88. The molecule has 1 heterocycles. The van der Waals surface area contributed by atoms with Crippen molar-refractivity contribution in [2.75, 3.05) is 11.9 Å². The molecule has 0 bridgehead atoms. The standard InChI is InChI=1S/C16H11N5O/c1-2-22-15-6-5-13(12-4-3-7-20-16(12)15)21-14(10-19)11(8-17)9-18/h3-7,21H,2H2,1H3. The summed E-state index contributed by atoms with van der Waals surface area (Å²) in [5.74, 6) is 0.631. The van der Waals surface area contributed by atoms with Crippen molar-refractivity contribution in [3.05, 3.63) is 41.7 Å². The number of hydrogen-bond acceptors (Lipinski definition) is 6. The second-order valence-corrected chi connectivity index (χ2v) is 4.15. The van der Waals surface area contributed by atoms with Crippen molar-refractivity contribution >= 4 is 16.6 Å². The topological polar surface area (TPSA) is 106 Å². The van der Waals surface area contributed by atoms with Gasteiger partial charge in [-0.05, 0) is 31.2 Å². The summed E-state index contributed by atoms with van der Waals surface area (Å²) in [6.07, 6.45) is 1.64. The zero-order valence-corrected chi connectivity index (χ0v) is 11.8. The van der Waals surface area contributed by atoms with Gasteiger partial charge in [0.25, 0.3) is 0 Å². The Bertz CT molecular complexity index is 849. The molecule has 1 aromatic heterocycles. The number of aromatic nitrogens is 1. The summed E-state index contributed by atoms with van der Waals surface area (Å²) in [4.78, 5) is 4.28. The van der Waals surface area contributed by atoms with Gasteiger partial charge >= 0.3 is 0 Å². The molecule has 0 saturated carbocycles. The van der Waals surface area contributed by atoms with Gasteiger partial charge in [-0.1, -0.05) is 0 Å². The minimum absolute atomic E-state index is 0.0979. The van der Waals surface area contributed by atoms with Crippen LogP contribution < -0.4 is 10.1 Å². The SMILES string of the molecule is CCOc1ccc(NC(C#N)=C(C#N)C#N)c2cccnc12. The predicted molar refractivity (Wildman–Crippen MR) is 80.4 cm³/mol. The van der Waals surface area contributed by atoms with Crippen molar-refractivity contribution in [3.8, 4) is 24.0 Å². The highest BCUT2D eigenvalue weighted by Gasteiger charge is 2.11. The third kappa shape index (κ3) is 2.80. The summed E-state index contributed by atoms with van der Waals surface area (Å²) < 4.78 is 5.52. The Morgan fingerprint density at radius 3 is 2.59 bits per heavy atom. The lowest BCUT2D eigenvalue weighted by Gasteiger charge is -2.11. The number of hydrogen-bond donors (Lipinski definition) is 1. The van der Waals surface area contributed by atoms with E-state index in [9.17, 15) is 0 Å². The van der Waals surface area contributed by atoms with Gasteiger partial charge in [-0.25, -0.2) is 0 Å². The van der Waals surface area contributed by atoms with Crippen LogP contribution in [0.3, 0.4) is 0 Å². The van der Waals surface area contributed by atoms with Crippen LogP contribution in [0, 0.1) is 34.0 Å². The van der Waals surface area contributed by atoms with Crippen LogP contribution >= 0.6 is 0 Å². The Kier molecular flexibility index (Phi) is 4.55. The van der Waals surface area contributed by atoms with Crippen molar-refractivity contribution in [2.45, 2.75) is 6.92 Å². The van der Waals surface area contributed by atoms with E-state index in [2.05, 4.69) is 10.3 Å². The molecule has 0 aliphatic rings. The fraction of sp³-hybridized carbons (Fsp3) is 0.125. The monoisotopic (exact) mass is 289 g/mol. The molecule has 0 saturated heterocycles. The molecule has 0 unspecified atom stereocenters. The van der Waals surface area contributed by atoms with E-state index in [4.69, 9.17) is 20.5 Å². The minimum atomic E-state index is -0.270. The van der Waals surface area contributed by atoms with Gasteiger partial charge in [0.15, 0.2) is 5.57 Å². The van der Waals surface area contributed by atoms with Gasteiger partial charge in [0.05, 0.1) is 6.61 Å². The third-order valence-corrected chi connectivity index (χ3v) is 2.88. The van der Waals surface area contributed by atoms with Crippen LogP contribution in [-0.2, 0) is 0 Å². The highest BCUT2D eigenvalue weighted by molar-refractivity contribution is 5.96. The zero-order valence-electron chi connectivity index (χ0n) is 11.8. The second-order valence-electron chi connectivity index (χ2n) is 4.15. The molecule has 6 heteroatoms. The highest BCUT2D eigenvalue weighted by Crippen LogP contribution is 2.30. The fourth-order valence-corrected chi connectivity index (χ4v) is 1.95. The first-order valence-corrected chi connectivity index (χ1v) is 6.47. The first kappa shape index (κ1) is 14.8. The van der Waals surface area contributed by atoms with Gasteiger partial charge in [0.2, 0.25) is 0 Å². The van der Waals surface area contributed by atoms with Crippen molar-refractivity contribution in [3.63, 3.8) is 0 Å². The Morgan fingerprint density at radius 1 is 1.18 bits per heavy atom. The average Bonchev–Trinajstić information content (AvgIpc) is 2.57. The lowest BCUT2D eigenvalue weighted by molar-refractivity contribution is 0.343. The molecule has 0 spiro atoms. The normalized spacial score (nSPS) is 9.18. The number of rotatable bonds is 4. The van der Waals surface area contributed by atoms with E-state index in [1.165, 1.54) is 0 Å². The molecule has 0 aliphatic carbocycles. The molecule has 0 aliphatic heterocycles. The van der Waals surface area contributed by atoms with Crippen LogP contribution in [0.2, 0.25) is 0 Å². The van der Waals surface area contributed by atoms with E-state index in [0.29, 0.717) is 23.6 Å². The number of fused-ring (bicyclic) bond motifs is 1. The number of ether oxygens (including phenoxy) is 1. The first-order valence-electron chi connectivity index (χ1n) is 6.47. The molecule has 0 fully saturated rings. The number of benzene rings is 1. The number of pyridine rings is 1. The van der Waals surface area contributed by atoms with E-state index >= 15 is 0 Å². The van der Waals surface area contributed by atoms with Gasteiger partial charge < -0.3 is 10.1 Å². The van der Waals surface area contributed by atoms with Crippen molar-refractivity contribution < 1.29 is 4.74 Å². The van der Waals surface area contributed by atoms with Crippen LogP contribution in [0.1, 0.15) is 6.92 Å². The van der Waals surface area contributed by atoms with Gasteiger partial charge in [0, 0.05) is 17.3 Å². The van der Waals surface area contributed by atoms with E-state index in [1.54, 1.807) is 36.5 Å². The molecule has 1 aromatic carbocycles. The molecule has 106 valence electrons. The van der Waals surface area contributed by atoms with Crippen molar-refractivity contribution in [2.24, 2.45) is 0 Å². The number of nitrogens with one attached hydrogen (secondary N) is 1. The van der Waals surface area contributed by atoms with Crippen LogP contribution in [0.15, 0.2) is 41.7 Å². The zero-order chi connectivity index (χ0) is 15.9. The molecular formula is C16H11N5O. The molecule has 0 radical (unpaired) electrons. The fourth-order valence-electron chi connectivity index (χ4n) is 1.95. The van der Waals surface area contributed by atoms with E-state index < -0.39 is 0 Å². The quantitative estimate of drug-likeness (QED) is 0.867. The van der Waals surface area contributed by atoms with Gasteiger partial charge in [-0.15, -0.1) is 0 Å². The Balaban J connectivity index is 2.58. The number of allylic oxidation sites excluding steroid dienone is 2. The van der Waals surface area contributed by atoms with Gasteiger partial charge in [-0.2, -0.15) is 15.8 Å². The van der Waals surface area contributed by atoms with Crippen LogP contribution in [0.4, 0.5) is 5.69 Å². The minimum Gasteiger partial charge on any atom is -0.492 e. The number of anilines is 1. The first-order chi connectivity index (χ1) is 10.7.